The fraction of sp³-hybridized carbons (Fsp3) is 0.143. The van der Waals surface area contributed by atoms with Gasteiger partial charge in [-0.15, -0.1) is 12.4 Å². The molecule has 0 aliphatic heterocycles. The Morgan fingerprint density at radius 1 is 1.06 bits per heavy atom. The lowest BCUT2D eigenvalue weighted by molar-refractivity contribution is 0.819. The van der Waals surface area contributed by atoms with Crippen LogP contribution < -0.4 is 5.73 Å². The van der Waals surface area contributed by atoms with Gasteiger partial charge < -0.3 is 5.73 Å². The van der Waals surface area contributed by atoms with Gasteiger partial charge in [-0.2, -0.15) is 0 Å². The molecule has 2 aromatic carbocycles. The number of nitrogens with two attached hydrogens (primary N) is 1. The van der Waals surface area contributed by atoms with Crippen molar-refractivity contribution in [2.75, 3.05) is 0 Å². The first-order chi connectivity index (χ1) is 7.68. The highest BCUT2D eigenvalue weighted by atomic mass is 35.5. The van der Waals surface area contributed by atoms with Gasteiger partial charge >= 0.3 is 0 Å². The third-order valence-electron chi connectivity index (χ3n) is 2.60. The maximum atomic E-state index is 6.16. The van der Waals surface area contributed by atoms with E-state index >= 15 is 0 Å². The van der Waals surface area contributed by atoms with Gasteiger partial charge in [0.2, 0.25) is 0 Å². The van der Waals surface area contributed by atoms with Crippen molar-refractivity contribution in [2.24, 2.45) is 5.73 Å². The van der Waals surface area contributed by atoms with E-state index in [9.17, 15) is 0 Å². The van der Waals surface area contributed by atoms with Gasteiger partial charge in [0.05, 0.1) is 0 Å². The fourth-order valence-electron chi connectivity index (χ4n) is 1.68. The van der Waals surface area contributed by atoms with E-state index in [1.165, 1.54) is 0 Å². The van der Waals surface area contributed by atoms with Crippen LogP contribution in [-0.4, -0.2) is 0 Å². The summed E-state index contributed by atoms with van der Waals surface area (Å²) in [6.07, 6.45) is 0. The molecule has 1 nitrogen and oxygen atoms in total. The average Bonchev–Trinajstić information content (AvgIpc) is 2.30. The van der Waals surface area contributed by atoms with Crippen LogP contribution in [0.3, 0.4) is 0 Å². The standard InChI is InChI=1S/C14H14ClN.ClH/c1-10(16)11-5-4-6-12(9-11)13-7-2-3-8-14(13)15;/h2-10H,16H2,1H3;1H/t10-;/m1./s1. The molecule has 0 fully saturated rings. The zero-order valence-corrected chi connectivity index (χ0v) is 11.1. The maximum absolute atomic E-state index is 6.16. The van der Waals surface area contributed by atoms with Gasteiger partial charge in [0.15, 0.2) is 0 Å². The third-order valence-corrected chi connectivity index (χ3v) is 2.93. The highest BCUT2D eigenvalue weighted by Gasteiger charge is 2.04. The minimum absolute atomic E-state index is 0. The summed E-state index contributed by atoms with van der Waals surface area (Å²) in [5.41, 5.74) is 9.15. The van der Waals surface area contributed by atoms with E-state index in [0.717, 1.165) is 21.7 Å². The van der Waals surface area contributed by atoms with Crippen LogP contribution in [0, 0.1) is 0 Å². The lowest BCUT2D eigenvalue weighted by Gasteiger charge is -2.09. The summed E-state index contributed by atoms with van der Waals surface area (Å²) in [6, 6.07) is 16.1. The summed E-state index contributed by atoms with van der Waals surface area (Å²) in [6.45, 7) is 1.98. The molecular weight excluding hydrogens is 253 g/mol. The van der Waals surface area contributed by atoms with E-state index in [4.69, 9.17) is 17.3 Å². The monoisotopic (exact) mass is 267 g/mol. The van der Waals surface area contributed by atoms with Crippen molar-refractivity contribution >= 4 is 24.0 Å². The molecule has 0 spiro atoms. The van der Waals surface area contributed by atoms with E-state index in [1.54, 1.807) is 0 Å². The van der Waals surface area contributed by atoms with Crippen molar-refractivity contribution in [1.82, 2.24) is 0 Å². The molecule has 2 aromatic rings. The molecule has 0 aromatic heterocycles. The number of hydrogen-bond donors (Lipinski definition) is 1. The molecule has 3 heteroatoms. The summed E-state index contributed by atoms with van der Waals surface area (Å²) in [4.78, 5) is 0. The van der Waals surface area contributed by atoms with Gasteiger partial charge in [-0.05, 0) is 30.2 Å². The molecule has 17 heavy (non-hydrogen) atoms. The molecule has 0 radical (unpaired) electrons. The van der Waals surface area contributed by atoms with Crippen LogP contribution >= 0.6 is 24.0 Å². The number of hydrogen-bond acceptors (Lipinski definition) is 1. The van der Waals surface area contributed by atoms with Crippen LogP contribution in [0.4, 0.5) is 0 Å². The second kappa shape index (κ2) is 6.06. The Morgan fingerprint density at radius 3 is 2.41 bits per heavy atom. The lowest BCUT2D eigenvalue weighted by atomic mass is 10.0. The Morgan fingerprint density at radius 2 is 1.76 bits per heavy atom. The average molecular weight is 268 g/mol. The van der Waals surface area contributed by atoms with Crippen LogP contribution in [0.1, 0.15) is 18.5 Å². The van der Waals surface area contributed by atoms with Gasteiger partial charge in [-0.3, -0.25) is 0 Å². The van der Waals surface area contributed by atoms with E-state index in [2.05, 4.69) is 6.07 Å². The molecule has 0 heterocycles. The van der Waals surface area contributed by atoms with Crippen molar-refractivity contribution < 1.29 is 0 Å². The molecule has 1 atom stereocenters. The molecular formula is C14H15Cl2N. The normalized spacial score (nSPS) is 11.7. The van der Waals surface area contributed by atoms with Gasteiger partial charge in [-0.1, -0.05) is 48.0 Å². The Hall–Kier alpha value is -1.02. The highest BCUT2D eigenvalue weighted by molar-refractivity contribution is 6.33. The van der Waals surface area contributed by atoms with Crippen LogP contribution in [0.25, 0.3) is 11.1 Å². The molecule has 0 saturated heterocycles. The predicted molar refractivity (Wildman–Crippen MR) is 76.7 cm³/mol. The Balaban J connectivity index is 0.00000144. The van der Waals surface area contributed by atoms with Crippen LogP contribution in [0.2, 0.25) is 5.02 Å². The van der Waals surface area contributed by atoms with Crippen molar-refractivity contribution in [1.29, 1.82) is 0 Å². The topological polar surface area (TPSA) is 26.0 Å². The highest BCUT2D eigenvalue weighted by Crippen LogP contribution is 2.28. The van der Waals surface area contributed by atoms with Gasteiger partial charge in [0.25, 0.3) is 0 Å². The molecule has 0 aliphatic rings. The van der Waals surface area contributed by atoms with Crippen LogP contribution in [-0.2, 0) is 0 Å². The second-order valence-corrected chi connectivity index (χ2v) is 4.30. The Labute approximate surface area is 113 Å². The quantitative estimate of drug-likeness (QED) is 0.855. The first-order valence-corrected chi connectivity index (χ1v) is 5.67. The van der Waals surface area contributed by atoms with Crippen molar-refractivity contribution in [3.63, 3.8) is 0 Å². The smallest absolute Gasteiger partial charge is 0.0484 e. The molecule has 0 unspecified atom stereocenters. The van der Waals surface area contributed by atoms with E-state index in [0.29, 0.717) is 0 Å². The third kappa shape index (κ3) is 3.22. The van der Waals surface area contributed by atoms with Crippen molar-refractivity contribution in [3.8, 4) is 11.1 Å². The van der Waals surface area contributed by atoms with Gasteiger partial charge in [0, 0.05) is 16.6 Å². The summed E-state index contributed by atoms with van der Waals surface area (Å²) in [5, 5.41) is 0.768. The first kappa shape index (κ1) is 14.0. The molecule has 2 N–H and O–H groups in total. The molecule has 0 amide bonds. The van der Waals surface area contributed by atoms with E-state index in [1.807, 2.05) is 49.4 Å². The number of benzene rings is 2. The molecule has 0 bridgehead atoms. The van der Waals surface area contributed by atoms with Crippen molar-refractivity contribution in [2.45, 2.75) is 13.0 Å². The van der Waals surface area contributed by atoms with Crippen molar-refractivity contribution in [3.05, 3.63) is 59.1 Å². The maximum Gasteiger partial charge on any atom is 0.0484 e. The summed E-state index contributed by atoms with van der Waals surface area (Å²) in [5.74, 6) is 0. The summed E-state index contributed by atoms with van der Waals surface area (Å²) < 4.78 is 0. The first-order valence-electron chi connectivity index (χ1n) is 5.29. The summed E-state index contributed by atoms with van der Waals surface area (Å²) >= 11 is 6.16. The zero-order chi connectivity index (χ0) is 11.5. The lowest BCUT2D eigenvalue weighted by Crippen LogP contribution is -2.04. The molecule has 0 aliphatic carbocycles. The number of rotatable bonds is 2. The van der Waals surface area contributed by atoms with Gasteiger partial charge in [-0.25, -0.2) is 0 Å². The predicted octanol–water partition coefficient (Wildman–Crippen LogP) is 4.45. The number of halogens is 2. The molecule has 2 rings (SSSR count). The zero-order valence-electron chi connectivity index (χ0n) is 9.56. The largest absolute Gasteiger partial charge is 0.324 e. The Kier molecular flexibility index (Phi) is 5.01. The molecule has 90 valence electrons. The second-order valence-electron chi connectivity index (χ2n) is 3.89. The minimum atomic E-state index is 0. The molecule has 0 saturated carbocycles. The fourth-order valence-corrected chi connectivity index (χ4v) is 1.93. The van der Waals surface area contributed by atoms with Crippen LogP contribution in [0.5, 0.6) is 0 Å². The van der Waals surface area contributed by atoms with Gasteiger partial charge in [0.1, 0.15) is 0 Å². The SMILES string of the molecule is C[C@@H](N)c1cccc(-c2ccccc2Cl)c1.Cl. The minimum Gasteiger partial charge on any atom is -0.324 e. The van der Waals surface area contributed by atoms with E-state index < -0.39 is 0 Å². The Bertz CT molecular complexity index is 495. The van der Waals surface area contributed by atoms with Crippen LogP contribution in [0.15, 0.2) is 48.5 Å². The summed E-state index contributed by atoms with van der Waals surface area (Å²) in [7, 11) is 0. The van der Waals surface area contributed by atoms with E-state index in [-0.39, 0.29) is 18.4 Å².